The van der Waals surface area contributed by atoms with Gasteiger partial charge in [0.25, 0.3) is 0 Å². The molecular weight excluding hydrogens is 396 g/mol. The Morgan fingerprint density at radius 2 is 1.92 bits per heavy atom. The molecule has 1 aromatic heterocycles. The maximum absolute atomic E-state index is 13.8. The summed E-state index contributed by atoms with van der Waals surface area (Å²) in [6.45, 7) is 0. The molecule has 0 fully saturated rings. The van der Waals surface area contributed by atoms with Gasteiger partial charge in [-0.05, 0) is 60.7 Å². The van der Waals surface area contributed by atoms with Crippen molar-refractivity contribution in [3.63, 3.8) is 0 Å². The zero-order chi connectivity index (χ0) is 19.1. The molecule has 0 radical (unpaired) electrons. The number of nitrogens with zero attached hydrogens (tertiary/aromatic N) is 1. The summed E-state index contributed by atoms with van der Waals surface area (Å²) in [6.07, 6.45) is 3.42. The number of aromatic nitrogens is 1. The zero-order valence-corrected chi connectivity index (χ0v) is 16.0. The van der Waals surface area contributed by atoms with Crippen molar-refractivity contribution in [2.24, 2.45) is 0 Å². The Hall–Kier alpha value is -2.14. The molecule has 2 aromatic carbocycles. The van der Waals surface area contributed by atoms with E-state index in [1.807, 2.05) is 12.1 Å². The molecule has 134 valence electrons. The molecule has 0 aliphatic rings. The molecular formula is C18H14ClF2N3S2. The van der Waals surface area contributed by atoms with Crippen LogP contribution in [0.3, 0.4) is 0 Å². The number of hydrogen-bond donors (Lipinski definition) is 3. The average molecular weight is 410 g/mol. The van der Waals surface area contributed by atoms with Gasteiger partial charge in [-0.15, -0.1) is 0 Å². The predicted molar refractivity (Wildman–Crippen MR) is 107 cm³/mol. The molecule has 0 bridgehead atoms. The summed E-state index contributed by atoms with van der Waals surface area (Å²) in [5, 5.41) is 9.04. The zero-order valence-electron chi connectivity index (χ0n) is 13.6. The Balaban J connectivity index is 0.00000117. The Labute approximate surface area is 164 Å². The van der Waals surface area contributed by atoms with E-state index in [4.69, 9.17) is 16.9 Å². The molecule has 0 aliphatic heterocycles. The number of halogens is 3. The topological polar surface area (TPSA) is 51.6 Å². The normalized spacial score (nSPS) is 9.85. The molecule has 0 saturated heterocycles. The summed E-state index contributed by atoms with van der Waals surface area (Å²) in [5.74, 6) is -0.901. The Morgan fingerprint density at radius 3 is 2.58 bits per heavy atom. The van der Waals surface area contributed by atoms with Crippen molar-refractivity contribution in [3.8, 4) is 17.3 Å². The molecule has 0 unspecified atom stereocenters. The van der Waals surface area contributed by atoms with Crippen LogP contribution in [-0.2, 0) is 0 Å². The number of hydrogen-bond acceptors (Lipinski definition) is 4. The van der Waals surface area contributed by atoms with Crippen molar-refractivity contribution >= 4 is 41.9 Å². The van der Waals surface area contributed by atoms with Crippen LogP contribution < -0.4 is 4.72 Å². The summed E-state index contributed by atoms with van der Waals surface area (Å²) in [6, 6.07) is 12.1. The van der Waals surface area contributed by atoms with Gasteiger partial charge < -0.3 is 9.71 Å². The number of rotatable bonds is 4. The first-order valence-corrected chi connectivity index (χ1v) is 9.37. The summed E-state index contributed by atoms with van der Waals surface area (Å²) >= 11 is 10.8. The van der Waals surface area contributed by atoms with Gasteiger partial charge in [0.1, 0.15) is 11.6 Å². The lowest BCUT2D eigenvalue weighted by atomic mass is 10.1. The van der Waals surface area contributed by atoms with Crippen molar-refractivity contribution < 1.29 is 8.78 Å². The van der Waals surface area contributed by atoms with Crippen LogP contribution >= 0.6 is 36.2 Å². The van der Waals surface area contributed by atoms with Gasteiger partial charge in [-0.25, -0.2) is 8.78 Å². The van der Waals surface area contributed by atoms with Gasteiger partial charge in [0.05, 0.1) is 22.3 Å². The molecule has 3 aromatic rings. The van der Waals surface area contributed by atoms with Crippen LogP contribution in [0.15, 0.2) is 53.6 Å². The molecule has 3 nitrogen and oxygen atoms in total. The number of aromatic amines is 1. The summed E-state index contributed by atoms with van der Waals surface area (Å²) in [4.78, 5) is 3.85. The molecule has 0 amide bonds. The highest BCUT2D eigenvalue weighted by Gasteiger charge is 2.09. The SMILES string of the molecule is CS.N#Cc1ccc(NSc2c[nH]c(-c3ccc(F)cc3Cl)c2)c(F)c1. The standard InChI is InChI=1S/C17H10ClF2N3S.CH4S/c18-14-6-11(19)2-3-13(14)17-7-12(9-22-17)24-23-16-4-1-10(8-21)5-15(16)20;1-2/h1-7,9,22-23H;2H,1H3. The van der Waals surface area contributed by atoms with Crippen molar-refractivity contribution in [1.82, 2.24) is 4.98 Å². The average Bonchev–Trinajstić information content (AvgIpc) is 3.11. The summed E-state index contributed by atoms with van der Waals surface area (Å²) in [5.41, 5.74) is 1.94. The highest BCUT2D eigenvalue weighted by Crippen LogP contribution is 2.31. The molecule has 0 aliphatic carbocycles. The van der Waals surface area contributed by atoms with Crippen LogP contribution in [0.25, 0.3) is 11.3 Å². The monoisotopic (exact) mass is 409 g/mol. The second-order valence-corrected chi connectivity index (χ2v) is 6.17. The highest BCUT2D eigenvalue weighted by molar-refractivity contribution is 8.00. The van der Waals surface area contributed by atoms with Crippen LogP contribution in [-0.4, -0.2) is 11.2 Å². The number of anilines is 1. The fourth-order valence-electron chi connectivity index (χ4n) is 2.08. The largest absolute Gasteiger partial charge is 0.360 e. The maximum atomic E-state index is 13.8. The van der Waals surface area contributed by atoms with Crippen molar-refractivity contribution in [2.45, 2.75) is 4.90 Å². The van der Waals surface area contributed by atoms with Crippen molar-refractivity contribution in [2.75, 3.05) is 11.0 Å². The minimum Gasteiger partial charge on any atom is -0.360 e. The Kier molecular flexibility index (Phi) is 7.39. The second-order valence-electron chi connectivity index (χ2n) is 4.88. The van der Waals surface area contributed by atoms with Gasteiger partial charge in [-0.2, -0.15) is 17.9 Å². The lowest BCUT2D eigenvalue weighted by Gasteiger charge is -2.05. The van der Waals surface area contributed by atoms with E-state index in [0.717, 1.165) is 10.6 Å². The molecule has 8 heteroatoms. The molecule has 3 rings (SSSR count). The van der Waals surface area contributed by atoms with Crippen molar-refractivity contribution in [3.05, 3.63) is 70.9 Å². The third kappa shape index (κ3) is 4.94. The first-order chi connectivity index (χ1) is 12.6. The van der Waals surface area contributed by atoms with Gasteiger partial charge >= 0.3 is 0 Å². The van der Waals surface area contributed by atoms with Crippen LogP contribution in [0.4, 0.5) is 14.5 Å². The van der Waals surface area contributed by atoms with Crippen LogP contribution in [0, 0.1) is 23.0 Å². The first kappa shape index (κ1) is 20.2. The van der Waals surface area contributed by atoms with E-state index < -0.39 is 11.6 Å². The van der Waals surface area contributed by atoms with Gasteiger partial charge in [-0.3, -0.25) is 0 Å². The van der Waals surface area contributed by atoms with E-state index in [1.165, 1.54) is 42.3 Å². The van der Waals surface area contributed by atoms with E-state index in [9.17, 15) is 8.78 Å². The van der Waals surface area contributed by atoms with Gasteiger partial charge in [0, 0.05) is 22.3 Å². The number of nitriles is 1. The fraction of sp³-hybridized carbons (Fsp3) is 0.0556. The van der Waals surface area contributed by atoms with Crippen LogP contribution in [0.1, 0.15) is 5.56 Å². The minimum absolute atomic E-state index is 0.262. The third-order valence-electron chi connectivity index (χ3n) is 3.25. The Bertz CT molecular complexity index is 938. The lowest BCUT2D eigenvalue weighted by Crippen LogP contribution is -1.91. The summed E-state index contributed by atoms with van der Waals surface area (Å²) < 4.78 is 29.8. The van der Waals surface area contributed by atoms with Crippen LogP contribution in [0.2, 0.25) is 5.02 Å². The molecule has 0 saturated carbocycles. The third-order valence-corrected chi connectivity index (χ3v) is 4.36. The second kappa shape index (κ2) is 9.53. The first-order valence-electron chi connectivity index (χ1n) is 7.28. The fourth-order valence-corrected chi connectivity index (χ4v) is 3.04. The minimum atomic E-state index is -0.501. The number of nitrogens with one attached hydrogen (secondary N) is 2. The number of benzene rings is 2. The number of H-pyrrole nitrogens is 1. The number of thiol groups is 1. The van der Waals surface area contributed by atoms with E-state index in [0.29, 0.717) is 10.6 Å². The van der Waals surface area contributed by atoms with E-state index in [1.54, 1.807) is 18.5 Å². The maximum Gasteiger partial charge on any atom is 0.148 e. The smallest absolute Gasteiger partial charge is 0.148 e. The van der Waals surface area contributed by atoms with E-state index in [-0.39, 0.29) is 11.3 Å². The van der Waals surface area contributed by atoms with Crippen molar-refractivity contribution in [1.29, 1.82) is 5.26 Å². The molecule has 2 N–H and O–H groups in total. The molecule has 0 spiro atoms. The van der Waals surface area contributed by atoms with Crippen LogP contribution in [0.5, 0.6) is 0 Å². The lowest BCUT2D eigenvalue weighted by molar-refractivity contribution is 0.628. The van der Waals surface area contributed by atoms with Gasteiger partial charge in [0.15, 0.2) is 0 Å². The predicted octanol–water partition coefficient (Wildman–Crippen LogP) is 6.15. The van der Waals surface area contributed by atoms with Gasteiger partial charge in [0.2, 0.25) is 0 Å². The molecule has 0 atom stereocenters. The van der Waals surface area contributed by atoms with Gasteiger partial charge in [-0.1, -0.05) is 11.6 Å². The molecule has 26 heavy (non-hydrogen) atoms. The summed E-state index contributed by atoms with van der Waals surface area (Å²) in [7, 11) is 0. The quantitative estimate of drug-likeness (QED) is 0.358. The molecule has 1 heterocycles. The van der Waals surface area contributed by atoms with E-state index in [2.05, 4.69) is 22.3 Å². The van der Waals surface area contributed by atoms with E-state index >= 15 is 0 Å². The Morgan fingerprint density at radius 1 is 1.15 bits per heavy atom. The highest BCUT2D eigenvalue weighted by atomic mass is 35.5.